The number of carbonyl (C=O) groups excluding carboxylic acids is 2. The van der Waals surface area contributed by atoms with Gasteiger partial charge in [0, 0.05) is 29.6 Å². The predicted molar refractivity (Wildman–Crippen MR) is 109 cm³/mol. The number of nitrogens with one attached hydrogen (secondary N) is 2. The number of aryl methyl sites for hydroxylation is 1. The van der Waals surface area contributed by atoms with Crippen molar-refractivity contribution in [1.82, 2.24) is 0 Å². The third-order valence-electron chi connectivity index (χ3n) is 4.01. The van der Waals surface area contributed by atoms with E-state index in [1.54, 1.807) is 42.5 Å². The molecule has 3 rings (SSSR count). The van der Waals surface area contributed by atoms with Gasteiger partial charge in [-0.05, 0) is 48.4 Å². The van der Waals surface area contributed by atoms with E-state index in [2.05, 4.69) is 10.6 Å². The number of amides is 2. The zero-order chi connectivity index (χ0) is 20.8. The second kappa shape index (κ2) is 8.66. The second-order valence-corrected chi connectivity index (χ2v) is 6.14. The summed E-state index contributed by atoms with van der Waals surface area (Å²) in [5.74, 6) is -0.633. The molecule has 2 aromatic carbocycles. The highest BCUT2D eigenvalue weighted by Gasteiger charge is 2.10. The zero-order valence-electron chi connectivity index (χ0n) is 15.4. The van der Waals surface area contributed by atoms with Gasteiger partial charge >= 0.3 is 0 Å². The molecule has 0 unspecified atom stereocenters. The molecular weight excluding hydrogens is 374 g/mol. The first-order chi connectivity index (χ1) is 13.9. The maximum absolute atomic E-state index is 12.2. The van der Waals surface area contributed by atoms with Gasteiger partial charge in [-0.15, -0.1) is 0 Å². The third kappa shape index (κ3) is 5.16. The smallest absolute Gasteiger partial charge is 0.291 e. The average Bonchev–Trinajstić information content (AvgIpc) is 3.24. The summed E-state index contributed by atoms with van der Waals surface area (Å²) in [6.45, 7) is 1.82. The maximum atomic E-state index is 12.2. The van der Waals surface area contributed by atoms with Gasteiger partial charge in [0.15, 0.2) is 5.76 Å². The highest BCUT2D eigenvalue weighted by molar-refractivity contribution is 6.04. The molecule has 2 N–H and O–H groups in total. The summed E-state index contributed by atoms with van der Waals surface area (Å²) in [5, 5.41) is 16.2. The topological polar surface area (TPSA) is 114 Å². The molecule has 0 aliphatic heterocycles. The van der Waals surface area contributed by atoms with Crippen molar-refractivity contribution in [3.63, 3.8) is 0 Å². The van der Waals surface area contributed by atoms with Crippen LogP contribution in [0.5, 0.6) is 0 Å². The lowest BCUT2D eigenvalue weighted by Crippen LogP contribution is -2.12. The van der Waals surface area contributed by atoms with Crippen LogP contribution in [-0.4, -0.2) is 16.7 Å². The van der Waals surface area contributed by atoms with Gasteiger partial charge in [-0.1, -0.05) is 18.2 Å². The Hall–Kier alpha value is -4.20. The summed E-state index contributed by atoms with van der Waals surface area (Å²) >= 11 is 0. The Bertz CT molecular complexity index is 1090. The minimum absolute atomic E-state index is 0.0524. The summed E-state index contributed by atoms with van der Waals surface area (Å²) in [7, 11) is 0. The molecule has 3 aromatic rings. The van der Waals surface area contributed by atoms with Crippen molar-refractivity contribution in [3.8, 4) is 0 Å². The van der Waals surface area contributed by atoms with E-state index >= 15 is 0 Å². The van der Waals surface area contributed by atoms with Gasteiger partial charge in [-0.2, -0.15) is 0 Å². The number of nitro groups is 1. The minimum Gasteiger partial charge on any atom is -0.459 e. The van der Waals surface area contributed by atoms with Crippen LogP contribution in [0.4, 0.5) is 17.1 Å². The van der Waals surface area contributed by atoms with Crippen LogP contribution in [0.3, 0.4) is 0 Å². The molecule has 8 nitrogen and oxygen atoms in total. The molecule has 146 valence electrons. The molecule has 0 radical (unpaired) electrons. The Kier molecular flexibility index (Phi) is 5.84. The van der Waals surface area contributed by atoms with Gasteiger partial charge < -0.3 is 15.1 Å². The summed E-state index contributed by atoms with van der Waals surface area (Å²) in [6.07, 6.45) is 4.18. The van der Waals surface area contributed by atoms with Crippen molar-refractivity contribution >= 4 is 35.0 Å². The van der Waals surface area contributed by atoms with Gasteiger partial charge in [-0.3, -0.25) is 19.7 Å². The highest BCUT2D eigenvalue weighted by Crippen LogP contribution is 2.21. The van der Waals surface area contributed by atoms with Crippen LogP contribution in [0.25, 0.3) is 6.08 Å². The van der Waals surface area contributed by atoms with E-state index in [1.165, 1.54) is 30.5 Å². The number of hydrogen-bond acceptors (Lipinski definition) is 5. The Morgan fingerprint density at radius 3 is 2.62 bits per heavy atom. The fraction of sp³-hybridized carbons (Fsp3) is 0.0476. The third-order valence-corrected chi connectivity index (χ3v) is 4.01. The Morgan fingerprint density at radius 1 is 1.07 bits per heavy atom. The first-order valence-electron chi connectivity index (χ1n) is 8.61. The van der Waals surface area contributed by atoms with E-state index in [0.29, 0.717) is 16.9 Å². The summed E-state index contributed by atoms with van der Waals surface area (Å²) in [4.78, 5) is 34.6. The maximum Gasteiger partial charge on any atom is 0.291 e. The van der Waals surface area contributed by atoms with Crippen LogP contribution < -0.4 is 10.6 Å². The first kappa shape index (κ1) is 19.6. The number of furan rings is 1. The first-order valence-corrected chi connectivity index (χ1v) is 8.61. The normalized spacial score (nSPS) is 10.7. The Morgan fingerprint density at radius 2 is 1.90 bits per heavy atom. The van der Waals surface area contributed by atoms with E-state index in [-0.39, 0.29) is 11.4 Å². The van der Waals surface area contributed by atoms with E-state index in [4.69, 9.17) is 4.42 Å². The number of hydrogen-bond donors (Lipinski definition) is 2. The van der Waals surface area contributed by atoms with Gasteiger partial charge in [0.25, 0.3) is 11.6 Å². The van der Waals surface area contributed by atoms with Crippen molar-refractivity contribution in [2.24, 2.45) is 0 Å². The van der Waals surface area contributed by atoms with Crippen LogP contribution in [-0.2, 0) is 4.79 Å². The molecule has 8 heteroatoms. The second-order valence-electron chi connectivity index (χ2n) is 6.14. The van der Waals surface area contributed by atoms with Crippen LogP contribution in [0.15, 0.2) is 71.4 Å². The average molecular weight is 391 g/mol. The monoisotopic (exact) mass is 391 g/mol. The minimum atomic E-state index is -0.497. The summed E-state index contributed by atoms with van der Waals surface area (Å²) in [6, 6.07) is 14.2. The molecule has 0 bridgehead atoms. The van der Waals surface area contributed by atoms with Gasteiger partial charge in [0.2, 0.25) is 5.91 Å². The number of benzene rings is 2. The van der Waals surface area contributed by atoms with Crippen LogP contribution in [0.1, 0.15) is 21.7 Å². The molecular formula is C21H17N3O5. The van der Waals surface area contributed by atoms with E-state index in [9.17, 15) is 19.7 Å². The van der Waals surface area contributed by atoms with Gasteiger partial charge in [0.1, 0.15) is 0 Å². The molecule has 1 aromatic heterocycles. The summed E-state index contributed by atoms with van der Waals surface area (Å²) < 4.78 is 5.05. The number of nitro benzene ring substituents is 1. The molecule has 2 amide bonds. The van der Waals surface area contributed by atoms with Gasteiger partial charge in [-0.25, -0.2) is 0 Å². The number of carbonyl (C=O) groups is 2. The zero-order valence-corrected chi connectivity index (χ0v) is 15.4. The van der Waals surface area contributed by atoms with Crippen molar-refractivity contribution in [2.45, 2.75) is 6.92 Å². The van der Waals surface area contributed by atoms with Crippen molar-refractivity contribution in [2.75, 3.05) is 10.6 Å². The molecule has 0 atom stereocenters. The molecule has 0 fully saturated rings. The lowest BCUT2D eigenvalue weighted by Gasteiger charge is -2.10. The summed E-state index contributed by atoms with van der Waals surface area (Å²) in [5.41, 5.74) is 2.30. The molecule has 0 aliphatic carbocycles. The fourth-order valence-corrected chi connectivity index (χ4v) is 2.52. The Labute approximate surface area is 166 Å². The molecule has 29 heavy (non-hydrogen) atoms. The number of rotatable bonds is 6. The van der Waals surface area contributed by atoms with Crippen molar-refractivity contribution in [3.05, 3.63) is 93.9 Å². The van der Waals surface area contributed by atoms with Crippen molar-refractivity contribution in [1.29, 1.82) is 0 Å². The standard InChI is InChI=1S/C21H17N3O5/c1-14-7-9-16(22-21(26)19-6-3-11-29-19)13-18(14)23-20(25)10-8-15-4-2-5-17(12-15)24(27)28/h2-13H,1H3,(H,22,26)(H,23,25)/b10-8+. The van der Waals surface area contributed by atoms with Gasteiger partial charge in [0.05, 0.1) is 11.2 Å². The predicted octanol–water partition coefficient (Wildman–Crippen LogP) is 4.40. The van der Waals surface area contributed by atoms with Crippen LogP contribution >= 0.6 is 0 Å². The lowest BCUT2D eigenvalue weighted by molar-refractivity contribution is -0.384. The fourth-order valence-electron chi connectivity index (χ4n) is 2.52. The highest BCUT2D eigenvalue weighted by atomic mass is 16.6. The van der Waals surface area contributed by atoms with Crippen LogP contribution in [0, 0.1) is 17.0 Å². The molecule has 0 spiro atoms. The molecule has 1 heterocycles. The number of nitrogens with zero attached hydrogens (tertiary/aromatic N) is 1. The van der Waals surface area contributed by atoms with Crippen molar-refractivity contribution < 1.29 is 18.9 Å². The quantitative estimate of drug-likeness (QED) is 0.367. The molecule has 0 saturated heterocycles. The largest absolute Gasteiger partial charge is 0.459 e. The Balaban J connectivity index is 1.69. The van der Waals surface area contributed by atoms with E-state index in [0.717, 1.165) is 5.56 Å². The lowest BCUT2D eigenvalue weighted by atomic mass is 10.1. The van der Waals surface area contributed by atoms with E-state index < -0.39 is 16.7 Å². The number of anilines is 2. The van der Waals surface area contributed by atoms with E-state index in [1.807, 2.05) is 6.92 Å². The SMILES string of the molecule is Cc1ccc(NC(=O)c2ccco2)cc1NC(=O)/C=C/c1cccc([N+](=O)[O-])c1. The molecule has 0 aliphatic rings. The van der Waals surface area contributed by atoms with Crippen LogP contribution in [0.2, 0.25) is 0 Å². The number of non-ortho nitro benzene ring substituents is 1. The molecule has 0 saturated carbocycles.